The number of hydrogen-bond donors (Lipinski definition) is 2. The first kappa shape index (κ1) is 18.4. The molecule has 0 aromatic heterocycles. The number of esters is 1. The van der Waals surface area contributed by atoms with Crippen molar-refractivity contribution >= 4 is 5.97 Å². The van der Waals surface area contributed by atoms with Crippen molar-refractivity contribution in [2.24, 2.45) is 23.7 Å². The Morgan fingerprint density at radius 1 is 1.11 bits per heavy atom. The Morgan fingerprint density at radius 3 is 2.21 bits per heavy atom. The number of cyclic esters (lactones) is 1. The molecule has 2 aliphatic carbocycles. The van der Waals surface area contributed by atoms with Crippen LogP contribution in [0, 0.1) is 23.7 Å². The van der Waals surface area contributed by atoms with Gasteiger partial charge >= 0.3 is 5.97 Å². The van der Waals surface area contributed by atoms with E-state index in [0.717, 1.165) is 20.0 Å². The number of rotatable bonds is 1. The summed E-state index contributed by atoms with van der Waals surface area (Å²) in [5, 5.41) is 15.6. The fraction of sp³-hybridized carbons (Fsp3) is 0.929. The molecule has 3 aliphatic rings. The van der Waals surface area contributed by atoms with Crippen LogP contribution in [0.2, 0.25) is 0 Å². The van der Waals surface area contributed by atoms with E-state index in [9.17, 15) is 4.79 Å². The Labute approximate surface area is 115 Å². The van der Waals surface area contributed by atoms with Gasteiger partial charge in [0.05, 0.1) is 18.6 Å². The van der Waals surface area contributed by atoms with Gasteiger partial charge in [-0.1, -0.05) is 27.7 Å². The molecule has 5 unspecified atom stereocenters. The quantitative estimate of drug-likeness (QED) is 0.437. The largest absolute Gasteiger partial charge is 0.465 e. The first-order chi connectivity index (χ1) is 9.31. The molecular weight excluding hydrogens is 248 g/mol. The van der Waals surface area contributed by atoms with E-state index in [1.54, 1.807) is 0 Å². The predicted octanol–water partition coefficient (Wildman–Crippen LogP) is 2.33. The van der Waals surface area contributed by atoms with Gasteiger partial charge in [0.15, 0.2) is 0 Å². The highest BCUT2D eigenvalue weighted by Gasteiger charge is 2.59. The van der Waals surface area contributed by atoms with Crippen molar-refractivity contribution in [3.05, 3.63) is 0 Å². The van der Waals surface area contributed by atoms with E-state index in [1.165, 1.54) is 0 Å². The third kappa shape index (κ3) is 3.46. The molecule has 3 rings (SSSR count). The topological polar surface area (TPSA) is 76.0 Å². The summed E-state index contributed by atoms with van der Waals surface area (Å²) < 4.78 is 5.02. The van der Waals surface area contributed by atoms with Crippen LogP contribution in [-0.4, -0.2) is 36.2 Å². The fourth-order valence-electron chi connectivity index (χ4n) is 3.39. The maximum Gasteiger partial charge on any atom is 0.309 e. The van der Waals surface area contributed by atoms with Crippen LogP contribution in [0.25, 0.3) is 0 Å². The molecule has 2 bridgehead atoms. The standard InChI is InChI=1S/C9H12O4.2C2H6.CH4O/c10-9-8-5-1-4(2-7(5)13-11)6(8)3-12-9;3*1-2/h4-8,11H,1-3H2;2*1-2H3;2H,1H3. The van der Waals surface area contributed by atoms with E-state index in [-0.39, 0.29) is 23.9 Å². The molecule has 5 atom stereocenters. The molecule has 2 saturated carbocycles. The highest BCUT2D eigenvalue weighted by atomic mass is 17.1. The SMILES string of the molecule is CC.CC.CO.O=C1OCC2C3CC(OO)C(C3)C12. The van der Waals surface area contributed by atoms with Gasteiger partial charge in [-0.3, -0.25) is 10.1 Å². The van der Waals surface area contributed by atoms with Crippen LogP contribution in [0.15, 0.2) is 0 Å². The number of carbonyl (C=O) groups excluding carboxylic acids is 1. The minimum Gasteiger partial charge on any atom is -0.465 e. The van der Waals surface area contributed by atoms with Gasteiger partial charge in [-0.2, -0.15) is 0 Å². The molecule has 114 valence electrons. The average molecular weight is 276 g/mol. The van der Waals surface area contributed by atoms with Crippen molar-refractivity contribution in [2.45, 2.75) is 46.6 Å². The van der Waals surface area contributed by atoms with Crippen LogP contribution < -0.4 is 0 Å². The van der Waals surface area contributed by atoms with Crippen LogP contribution >= 0.6 is 0 Å². The molecule has 0 radical (unpaired) electrons. The summed E-state index contributed by atoms with van der Waals surface area (Å²) in [4.78, 5) is 15.7. The maximum absolute atomic E-state index is 11.3. The summed E-state index contributed by atoms with van der Waals surface area (Å²) in [5.74, 6) is 1.06. The normalized spacial score (nSPS) is 36.8. The molecule has 0 amide bonds. The minimum absolute atomic E-state index is 0.0101. The van der Waals surface area contributed by atoms with Gasteiger partial charge < -0.3 is 9.84 Å². The zero-order valence-corrected chi connectivity index (χ0v) is 12.6. The Hall–Kier alpha value is -0.650. The van der Waals surface area contributed by atoms with Crippen molar-refractivity contribution in [3.8, 4) is 0 Å². The number of aliphatic hydroxyl groups excluding tert-OH is 1. The second-order valence-corrected chi connectivity index (χ2v) is 4.36. The van der Waals surface area contributed by atoms with E-state index in [0.29, 0.717) is 18.4 Å². The fourth-order valence-corrected chi connectivity index (χ4v) is 3.39. The van der Waals surface area contributed by atoms with Gasteiger partial charge in [0.1, 0.15) is 0 Å². The lowest BCUT2D eigenvalue weighted by Crippen LogP contribution is -2.33. The first-order valence-electron chi connectivity index (χ1n) is 7.23. The van der Waals surface area contributed by atoms with Gasteiger partial charge in [0.2, 0.25) is 0 Å². The lowest BCUT2D eigenvalue weighted by Gasteiger charge is -2.25. The molecule has 0 spiro atoms. The van der Waals surface area contributed by atoms with Crippen molar-refractivity contribution in [1.82, 2.24) is 0 Å². The van der Waals surface area contributed by atoms with E-state index >= 15 is 0 Å². The molecular formula is C14H28O5. The monoisotopic (exact) mass is 276 g/mol. The second-order valence-electron chi connectivity index (χ2n) is 4.36. The van der Waals surface area contributed by atoms with Crippen molar-refractivity contribution in [1.29, 1.82) is 0 Å². The number of carbonyl (C=O) groups is 1. The van der Waals surface area contributed by atoms with Crippen molar-refractivity contribution < 1.29 is 24.8 Å². The molecule has 5 heteroatoms. The summed E-state index contributed by atoms with van der Waals surface area (Å²) in [6, 6.07) is 0. The van der Waals surface area contributed by atoms with Crippen LogP contribution in [-0.2, 0) is 14.4 Å². The summed E-state index contributed by atoms with van der Waals surface area (Å²) in [5.41, 5.74) is 0. The summed E-state index contributed by atoms with van der Waals surface area (Å²) in [6.07, 6.45) is 1.78. The lowest BCUT2D eigenvalue weighted by molar-refractivity contribution is -0.291. The molecule has 1 aliphatic heterocycles. The Morgan fingerprint density at radius 2 is 1.68 bits per heavy atom. The highest BCUT2D eigenvalue weighted by molar-refractivity contribution is 5.76. The second kappa shape index (κ2) is 9.28. The van der Waals surface area contributed by atoms with Crippen molar-refractivity contribution in [2.75, 3.05) is 13.7 Å². The zero-order chi connectivity index (χ0) is 15.0. The molecule has 19 heavy (non-hydrogen) atoms. The number of hydrogen-bond acceptors (Lipinski definition) is 5. The van der Waals surface area contributed by atoms with Gasteiger partial charge in [-0.15, -0.1) is 0 Å². The van der Waals surface area contributed by atoms with E-state index in [4.69, 9.17) is 15.1 Å². The third-order valence-electron chi connectivity index (χ3n) is 3.94. The van der Waals surface area contributed by atoms with Gasteiger partial charge in [0, 0.05) is 18.9 Å². The zero-order valence-electron chi connectivity index (χ0n) is 12.6. The molecule has 0 aromatic rings. The van der Waals surface area contributed by atoms with E-state index in [2.05, 4.69) is 4.89 Å². The van der Waals surface area contributed by atoms with Crippen LogP contribution in [0.3, 0.4) is 0 Å². The first-order valence-corrected chi connectivity index (χ1v) is 7.23. The number of aliphatic hydroxyl groups is 1. The van der Waals surface area contributed by atoms with E-state index < -0.39 is 0 Å². The lowest BCUT2D eigenvalue weighted by atomic mass is 9.80. The molecule has 5 nitrogen and oxygen atoms in total. The molecule has 2 N–H and O–H groups in total. The minimum atomic E-state index is -0.128. The van der Waals surface area contributed by atoms with Crippen molar-refractivity contribution in [3.63, 3.8) is 0 Å². The number of fused-ring (bicyclic) bond motifs is 5. The Balaban J connectivity index is 0.000000482. The average Bonchev–Trinajstić information content (AvgIpc) is 3.18. The predicted molar refractivity (Wildman–Crippen MR) is 72.5 cm³/mol. The Kier molecular flexibility index (Phi) is 8.97. The highest BCUT2D eigenvalue weighted by Crippen LogP contribution is 2.55. The molecule has 1 heterocycles. The number of ether oxygens (including phenoxy) is 1. The molecule has 1 saturated heterocycles. The van der Waals surface area contributed by atoms with E-state index in [1.807, 2.05) is 27.7 Å². The van der Waals surface area contributed by atoms with Gasteiger partial charge in [-0.05, 0) is 18.8 Å². The molecule has 0 aromatic carbocycles. The third-order valence-corrected chi connectivity index (χ3v) is 3.94. The van der Waals surface area contributed by atoms with Crippen LogP contribution in [0.4, 0.5) is 0 Å². The van der Waals surface area contributed by atoms with Gasteiger partial charge in [-0.25, -0.2) is 4.89 Å². The summed E-state index contributed by atoms with van der Waals surface area (Å²) in [7, 11) is 1.00. The summed E-state index contributed by atoms with van der Waals surface area (Å²) in [6.45, 7) is 8.59. The Bertz CT molecular complexity index is 256. The molecule has 3 fully saturated rings. The van der Waals surface area contributed by atoms with Crippen LogP contribution in [0.5, 0.6) is 0 Å². The maximum atomic E-state index is 11.3. The smallest absolute Gasteiger partial charge is 0.309 e. The van der Waals surface area contributed by atoms with Crippen LogP contribution in [0.1, 0.15) is 40.5 Å². The van der Waals surface area contributed by atoms with Gasteiger partial charge in [0.25, 0.3) is 0 Å². The summed E-state index contributed by atoms with van der Waals surface area (Å²) >= 11 is 0.